The number of pyridine rings is 1. The molecule has 5 aromatic carbocycles. The second kappa shape index (κ2) is 17.6. The summed E-state index contributed by atoms with van der Waals surface area (Å²) in [5.41, 5.74) is 7.62. The normalized spacial score (nSPS) is 15.4. The van der Waals surface area contributed by atoms with Gasteiger partial charge in [-0.25, -0.2) is 4.98 Å². The molecule has 0 aliphatic rings. The van der Waals surface area contributed by atoms with Gasteiger partial charge in [-0.05, 0) is 76.7 Å². The van der Waals surface area contributed by atoms with Crippen LogP contribution in [0.5, 0.6) is 0 Å². The number of hydrogen-bond acceptors (Lipinski definition) is 5. The van der Waals surface area contributed by atoms with Gasteiger partial charge in [-0.1, -0.05) is 128 Å². The Morgan fingerprint density at radius 1 is 0.790 bits per heavy atom. The number of fused-ring (bicyclic) bond motifs is 6. The van der Waals surface area contributed by atoms with Crippen LogP contribution in [0.15, 0.2) is 106 Å². The molecule has 0 aliphatic heterocycles. The number of furan rings is 1. The summed E-state index contributed by atoms with van der Waals surface area (Å²) in [6.07, 6.45) is -0.591. The van der Waals surface area contributed by atoms with E-state index in [-0.39, 0.29) is 60.1 Å². The fourth-order valence-electron chi connectivity index (χ4n) is 7.66. The third kappa shape index (κ3) is 9.01. The van der Waals surface area contributed by atoms with Crippen molar-refractivity contribution in [3.63, 3.8) is 0 Å². The zero-order chi connectivity index (χ0) is 52.0. The van der Waals surface area contributed by atoms with Crippen LogP contribution in [0.1, 0.15) is 108 Å². The molecular weight excluding hydrogens is 957 g/mol. The first-order valence-corrected chi connectivity index (χ1v) is 24.3. The molecule has 0 saturated carbocycles. The minimum Gasteiger partial charge on any atom is -0.497 e. The maximum Gasteiger partial charge on any atom is 0.196 e. The molecule has 321 valence electrons. The van der Waals surface area contributed by atoms with Gasteiger partial charge in [-0.3, -0.25) is 4.98 Å². The van der Waals surface area contributed by atoms with Gasteiger partial charge in [0.15, 0.2) is 17.1 Å². The Kier molecular flexibility index (Phi) is 9.46. The third-order valence-corrected chi connectivity index (χ3v) is 11.3. The van der Waals surface area contributed by atoms with Crippen molar-refractivity contribution in [1.82, 2.24) is 19.5 Å². The molecule has 8 heteroatoms. The van der Waals surface area contributed by atoms with E-state index in [2.05, 4.69) is 72.6 Å². The molecule has 0 bridgehead atoms. The molecule has 6 nitrogen and oxygen atoms in total. The number of para-hydroxylation sites is 3. The molecule has 0 unspecified atom stereocenters. The van der Waals surface area contributed by atoms with Gasteiger partial charge in [0, 0.05) is 65.5 Å². The summed E-state index contributed by atoms with van der Waals surface area (Å²) in [5.74, 6) is -0.739. The predicted octanol–water partition coefficient (Wildman–Crippen LogP) is 15.0. The molecule has 0 fully saturated rings. The maximum absolute atomic E-state index is 8.77. The number of hydrogen-bond donors (Lipinski definition) is 0. The summed E-state index contributed by atoms with van der Waals surface area (Å²) >= 11 is 0. The van der Waals surface area contributed by atoms with Crippen LogP contribution in [-0.2, 0) is 32.5 Å². The third-order valence-electron chi connectivity index (χ3n) is 10.3. The average molecular weight is 1030 g/mol. The Morgan fingerprint density at radius 2 is 1.52 bits per heavy atom. The van der Waals surface area contributed by atoms with Gasteiger partial charge in [-0.15, -0.1) is 53.6 Å². The van der Waals surface area contributed by atoms with Crippen LogP contribution in [0, 0.1) is 31.3 Å². The molecular formula is C54H58IrN4O2Si-2. The van der Waals surface area contributed by atoms with E-state index in [0.717, 1.165) is 33.4 Å². The Labute approximate surface area is 395 Å². The van der Waals surface area contributed by atoms with Crippen molar-refractivity contribution < 1.29 is 42.6 Å². The zero-order valence-corrected chi connectivity index (χ0v) is 40.2. The molecule has 0 aliphatic carbocycles. The van der Waals surface area contributed by atoms with Crippen molar-refractivity contribution in [3.05, 3.63) is 143 Å². The summed E-state index contributed by atoms with van der Waals surface area (Å²) < 4.78 is 98.0. The van der Waals surface area contributed by atoms with Crippen molar-refractivity contribution in [2.24, 2.45) is 5.41 Å². The molecule has 0 N–H and O–H groups in total. The largest absolute Gasteiger partial charge is 0.497 e. The second-order valence-electron chi connectivity index (χ2n) is 18.2. The molecule has 4 aromatic heterocycles. The van der Waals surface area contributed by atoms with Gasteiger partial charge in [0.2, 0.25) is 0 Å². The van der Waals surface area contributed by atoms with Gasteiger partial charge in [0.05, 0.1) is 22.4 Å². The summed E-state index contributed by atoms with van der Waals surface area (Å²) in [6, 6.07) is 34.5. The average Bonchev–Trinajstić information content (AvgIpc) is 4.02. The Morgan fingerprint density at radius 3 is 2.18 bits per heavy atom. The zero-order valence-electron chi connectivity index (χ0n) is 46.8. The van der Waals surface area contributed by atoms with Gasteiger partial charge in [0.25, 0.3) is 0 Å². The second-order valence-corrected chi connectivity index (χ2v) is 22.9. The summed E-state index contributed by atoms with van der Waals surface area (Å²) in [6.45, 7) is 14.9. The van der Waals surface area contributed by atoms with Crippen LogP contribution < -0.4 is 0 Å². The number of aromatic nitrogens is 4. The van der Waals surface area contributed by atoms with Crippen LogP contribution in [-0.4, -0.2) is 27.6 Å². The molecule has 0 amide bonds. The summed E-state index contributed by atoms with van der Waals surface area (Å²) in [7, 11) is -2.31. The van der Waals surface area contributed by atoms with E-state index in [1.807, 2.05) is 62.1 Å². The summed E-state index contributed by atoms with van der Waals surface area (Å²) in [4.78, 5) is 13.9. The number of imidazole rings is 1. The van der Waals surface area contributed by atoms with E-state index in [1.54, 1.807) is 45.0 Å². The number of benzene rings is 5. The maximum atomic E-state index is 8.77. The molecule has 9 aromatic rings. The Balaban J connectivity index is 0.000000267. The van der Waals surface area contributed by atoms with Crippen molar-refractivity contribution in [1.29, 1.82) is 0 Å². The van der Waals surface area contributed by atoms with Crippen LogP contribution in [0.3, 0.4) is 0 Å². The molecule has 4 heterocycles. The van der Waals surface area contributed by atoms with Crippen molar-refractivity contribution in [2.75, 3.05) is 0 Å². The van der Waals surface area contributed by atoms with E-state index in [1.165, 1.54) is 12.3 Å². The molecule has 1 radical (unpaired) electrons. The van der Waals surface area contributed by atoms with Gasteiger partial charge < -0.3 is 18.4 Å². The van der Waals surface area contributed by atoms with Crippen molar-refractivity contribution in [3.8, 4) is 28.3 Å². The molecule has 0 spiro atoms. The fraction of sp³-hybridized carbons (Fsp3) is 0.315. The van der Waals surface area contributed by atoms with Crippen LogP contribution in [0.4, 0.5) is 0 Å². The molecule has 62 heavy (non-hydrogen) atoms. The minimum atomic E-state index is -2.47. The standard InChI is InChI=1S/C38H38N3O2.C16H20NSi.Ir/c1-21(2)24-12-11-13-25(22(3)4)33(24)41-30-15-10-9-14-28(30)40-37(41)27-17-16-23(5)32-26-18-19-29-36(35(26)43-34(27)32)42-31(39-29)20-38(6,7)8;1-13-11-17-16(14-8-6-5-7-9-14)10-15(13)12-18(2,3)4;/h9-16,18-19,21-22H,20H2,1-8H3;5-8,10-11H,12H2,1-4H3;/q2*-1;/i5D3,20D2;1D3,12D2;. The first kappa shape index (κ1) is 33.4. The van der Waals surface area contributed by atoms with Gasteiger partial charge >= 0.3 is 0 Å². The van der Waals surface area contributed by atoms with Crippen LogP contribution >= 0.6 is 0 Å². The van der Waals surface area contributed by atoms with E-state index >= 15 is 0 Å². The predicted molar refractivity (Wildman–Crippen MR) is 257 cm³/mol. The number of aryl methyl sites for hydroxylation is 2. The molecule has 0 saturated heterocycles. The van der Waals surface area contributed by atoms with E-state index in [9.17, 15) is 0 Å². The minimum absolute atomic E-state index is 0. The van der Waals surface area contributed by atoms with Crippen LogP contribution in [0.25, 0.3) is 72.4 Å². The number of rotatable bonds is 8. The fourth-order valence-corrected chi connectivity index (χ4v) is 8.67. The van der Waals surface area contributed by atoms with E-state index in [0.29, 0.717) is 44.5 Å². The smallest absolute Gasteiger partial charge is 0.196 e. The van der Waals surface area contributed by atoms with E-state index in [4.69, 9.17) is 27.5 Å². The molecule has 9 rings (SSSR count). The summed E-state index contributed by atoms with van der Waals surface area (Å²) in [5, 5.41) is 0.947. The number of nitrogens with zero attached hydrogens (tertiary/aromatic N) is 4. The van der Waals surface area contributed by atoms with Crippen molar-refractivity contribution in [2.45, 2.75) is 106 Å². The van der Waals surface area contributed by atoms with E-state index < -0.39 is 39.6 Å². The Bertz CT molecular complexity index is 3430. The number of oxazole rings is 1. The monoisotopic (exact) mass is 1030 g/mol. The first-order valence-electron chi connectivity index (χ1n) is 25.8. The quantitative estimate of drug-likeness (QED) is 0.112. The SMILES string of the molecule is [2H]C([2H])([2H])c1c[c-]c(-c2nc3ccccc3n2-c2c(C(C)C)cccc2C(C)C)c2oc3c(ccc4nc(C([2H])([2H])C(C)(C)C)oc43)c12.[2H]C([2H])([2H])c1cnc(-c2[c-]cccc2)cc1C([2H])([2H])[Si](C)(C)C.[Ir]. The molecule has 0 atom stereocenters. The van der Waals surface area contributed by atoms with Crippen molar-refractivity contribution >= 4 is 52.1 Å². The van der Waals surface area contributed by atoms with Gasteiger partial charge in [0.1, 0.15) is 5.52 Å². The Hall–Kier alpha value is -5.14. The van der Waals surface area contributed by atoms with Crippen LogP contribution in [0.2, 0.25) is 19.6 Å². The van der Waals surface area contributed by atoms with Gasteiger partial charge in [-0.2, -0.15) is 0 Å². The first-order chi connectivity index (χ1) is 32.9. The topological polar surface area (TPSA) is 69.9 Å².